The molecule has 5 heteroatoms. The fourth-order valence-corrected chi connectivity index (χ4v) is 3.29. The van der Waals surface area contributed by atoms with Crippen molar-refractivity contribution >= 4 is 0 Å². The summed E-state index contributed by atoms with van der Waals surface area (Å²) in [5, 5.41) is 13.7. The van der Waals surface area contributed by atoms with E-state index in [4.69, 9.17) is 4.52 Å². The zero-order chi connectivity index (χ0) is 16.3. The number of aliphatic hydroxyl groups is 1. The Morgan fingerprint density at radius 1 is 1.35 bits per heavy atom. The van der Waals surface area contributed by atoms with Gasteiger partial charge in [0.1, 0.15) is 0 Å². The quantitative estimate of drug-likeness (QED) is 0.919. The van der Waals surface area contributed by atoms with E-state index in [0.717, 1.165) is 31.8 Å². The Kier molecular flexibility index (Phi) is 4.78. The SMILES string of the molecule is Cc1ccccc1Cc1nc(CN2CCCC(C)(CO)C2)no1. The van der Waals surface area contributed by atoms with E-state index in [2.05, 4.69) is 41.0 Å². The monoisotopic (exact) mass is 315 g/mol. The van der Waals surface area contributed by atoms with Crippen molar-refractivity contribution in [3.8, 4) is 0 Å². The average molecular weight is 315 g/mol. The number of aromatic nitrogens is 2. The second-order valence-electron chi connectivity index (χ2n) is 6.99. The van der Waals surface area contributed by atoms with Gasteiger partial charge in [-0.1, -0.05) is 36.3 Å². The molecule has 1 aromatic heterocycles. The van der Waals surface area contributed by atoms with Crippen molar-refractivity contribution in [2.24, 2.45) is 5.41 Å². The highest BCUT2D eigenvalue weighted by atomic mass is 16.5. The molecule has 1 unspecified atom stereocenters. The van der Waals surface area contributed by atoms with Gasteiger partial charge in [-0.15, -0.1) is 0 Å². The molecular weight excluding hydrogens is 290 g/mol. The summed E-state index contributed by atoms with van der Waals surface area (Å²) in [6.07, 6.45) is 2.85. The van der Waals surface area contributed by atoms with Crippen molar-refractivity contribution in [2.75, 3.05) is 19.7 Å². The molecule has 23 heavy (non-hydrogen) atoms. The topological polar surface area (TPSA) is 62.4 Å². The second-order valence-corrected chi connectivity index (χ2v) is 6.99. The van der Waals surface area contributed by atoms with Crippen molar-refractivity contribution in [2.45, 2.75) is 39.7 Å². The van der Waals surface area contributed by atoms with Gasteiger partial charge in [0.05, 0.1) is 13.0 Å². The number of aliphatic hydroxyl groups excluding tert-OH is 1. The van der Waals surface area contributed by atoms with Crippen LogP contribution < -0.4 is 0 Å². The molecule has 0 bridgehead atoms. The van der Waals surface area contributed by atoms with Gasteiger partial charge in [0.2, 0.25) is 5.89 Å². The van der Waals surface area contributed by atoms with Crippen molar-refractivity contribution in [1.82, 2.24) is 15.0 Å². The van der Waals surface area contributed by atoms with Crippen molar-refractivity contribution in [1.29, 1.82) is 0 Å². The average Bonchev–Trinajstić information content (AvgIpc) is 2.97. The van der Waals surface area contributed by atoms with E-state index >= 15 is 0 Å². The Bertz CT molecular complexity index is 655. The fourth-order valence-electron chi connectivity index (χ4n) is 3.29. The van der Waals surface area contributed by atoms with E-state index in [0.29, 0.717) is 18.9 Å². The summed E-state index contributed by atoms with van der Waals surface area (Å²) in [6, 6.07) is 8.25. The molecule has 5 nitrogen and oxygen atoms in total. The van der Waals surface area contributed by atoms with Crippen LogP contribution in [0, 0.1) is 12.3 Å². The summed E-state index contributed by atoms with van der Waals surface area (Å²) in [5.41, 5.74) is 2.45. The van der Waals surface area contributed by atoms with E-state index in [1.807, 2.05) is 12.1 Å². The Hall–Kier alpha value is -1.72. The molecule has 1 atom stereocenters. The lowest BCUT2D eigenvalue weighted by atomic mass is 9.83. The number of likely N-dealkylation sites (tertiary alicyclic amines) is 1. The van der Waals surface area contributed by atoms with E-state index in [1.165, 1.54) is 11.1 Å². The molecule has 1 aliphatic heterocycles. The smallest absolute Gasteiger partial charge is 0.231 e. The van der Waals surface area contributed by atoms with Gasteiger partial charge in [-0.3, -0.25) is 4.90 Å². The van der Waals surface area contributed by atoms with Crippen LogP contribution in [0.1, 0.15) is 42.6 Å². The zero-order valence-corrected chi connectivity index (χ0v) is 14.0. The third-order valence-electron chi connectivity index (χ3n) is 4.72. The molecule has 1 N–H and O–H groups in total. The highest BCUT2D eigenvalue weighted by molar-refractivity contribution is 5.27. The number of benzene rings is 1. The largest absolute Gasteiger partial charge is 0.396 e. The lowest BCUT2D eigenvalue weighted by Gasteiger charge is -2.38. The summed E-state index contributed by atoms with van der Waals surface area (Å²) in [5.74, 6) is 1.40. The molecule has 0 aliphatic carbocycles. The third kappa shape index (κ3) is 3.98. The maximum atomic E-state index is 9.55. The van der Waals surface area contributed by atoms with Gasteiger partial charge in [0.15, 0.2) is 5.82 Å². The summed E-state index contributed by atoms with van der Waals surface area (Å²) in [6.45, 7) is 7.05. The molecule has 124 valence electrons. The molecule has 0 saturated carbocycles. The highest BCUT2D eigenvalue weighted by Crippen LogP contribution is 2.29. The first-order valence-corrected chi connectivity index (χ1v) is 8.27. The first kappa shape index (κ1) is 16.1. The lowest BCUT2D eigenvalue weighted by molar-refractivity contribution is 0.0414. The number of hydrogen-bond donors (Lipinski definition) is 1. The van der Waals surface area contributed by atoms with Crippen LogP contribution in [0.4, 0.5) is 0 Å². The highest BCUT2D eigenvalue weighted by Gasteiger charge is 2.30. The van der Waals surface area contributed by atoms with Gasteiger partial charge >= 0.3 is 0 Å². The zero-order valence-electron chi connectivity index (χ0n) is 14.0. The molecule has 0 radical (unpaired) electrons. The van der Waals surface area contributed by atoms with Crippen LogP contribution in [-0.4, -0.2) is 39.8 Å². The van der Waals surface area contributed by atoms with Crippen LogP contribution in [0.15, 0.2) is 28.8 Å². The third-order valence-corrected chi connectivity index (χ3v) is 4.72. The van der Waals surface area contributed by atoms with Crippen LogP contribution in [0.5, 0.6) is 0 Å². The molecule has 1 aromatic carbocycles. The second kappa shape index (κ2) is 6.81. The van der Waals surface area contributed by atoms with Crippen LogP contribution in [0.3, 0.4) is 0 Å². The predicted octanol–water partition coefficient (Wildman–Crippen LogP) is 2.56. The van der Waals surface area contributed by atoms with Crippen molar-refractivity contribution < 1.29 is 9.63 Å². The number of rotatable bonds is 5. The molecule has 2 aromatic rings. The molecule has 1 aliphatic rings. The Labute approximate surface area is 137 Å². The van der Waals surface area contributed by atoms with Crippen molar-refractivity contribution in [3.05, 3.63) is 47.1 Å². The van der Waals surface area contributed by atoms with Gasteiger partial charge in [0.25, 0.3) is 0 Å². The molecule has 1 fully saturated rings. The first-order valence-electron chi connectivity index (χ1n) is 8.27. The van der Waals surface area contributed by atoms with E-state index in [9.17, 15) is 5.11 Å². The number of hydrogen-bond acceptors (Lipinski definition) is 5. The van der Waals surface area contributed by atoms with Gasteiger partial charge in [-0.05, 0) is 37.4 Å². The van der Waals surface area contributed by atoms with E-state index in [-0.39, 0.29) is 12.0 Å². The maximum Gasteiger partial charge on any atom is 0.231 e. The van der Waals surface area contributed by atoms with Crippen LogP contribution in [-0.2, 0) is 13.0 Å². The number of nitrogens with zero attached hydrogens (tertiary/aromatic N) is 3. The molecule has 2 heterocycles. The molecule has 1 saturated heterocycles. The minimum Gasteiger partial charge on any atom is -0.396 e. The first-order chi connectivity index (χ1) is 11.1. The minimum absolute atomic E-state index is 0.00797. The van der Waals surface area contributed by atoms with E-state index in [1.54, 1.807) is 0 Å². The predicted molar refractivity (Wildman–Crippen MR) is 88.0 cm³/mol. The van der Waals surface area contributed by atoms with Gasteiger partial charge in [-0.25, -0.2) is 0 Å². The van der Waals surface area contributed by atoms with Crippen molar-refractivity contribution in [3.63, 3.8) is 0 Å². The lowest BCUT2D eigenvalue weighted by Crippen LogP contribution is -2.43. The van der Waals surface area contributed by atoms with Crippen LogP contribution >= 0.6 is 0 Å². The Morgan fingerprint density at radius 2 is 2.17 bits per heavy atom. The molecular formula is C18H25N3O2. The fraction of sp³-hybridized carbons (Fsp3) is 0.556. The molecule has 0 amide bonds. The number of piperidine rings is 1. The van der Waals surface area contributed by atoms with Gasteiger partial charge < -0.3 is 9.63 Å². The minimum atomic E-state index is -0.00797. The summed E-state index contributed by atoms with van der Waals surface area (Å²) in [4.78, 5) is 6.84. The maximum absolute atomic E-state index is 9.55. The molecule has 3 rings (SSSR count). The van der Waals surface area contributed by atoms with Gasteiger partial charge in [-0.2, -0.15) is 4.98 Å². The normalized spacial score (nSPS) is 22.4. The summed E-state index contributed by atoms with van der Waals surface area (Å²) < 4.78 is 5.41. The molecule has 0 spiro atoms. The summed E-state index contributed by atoms with van der Waals surface area (Å²) >= 11 is 0. The summed E-state index contributed by atoms with van der Waals surface area (Å²) in [7, 11) is 0. The number of aryl methyl sites for hydroxylation is 1. The standard InChI is InChI=1S/C18H25N3O2/c1-14-6-3-4-7-15(14)10-17-19-16(20-23-17)11-21-9-5-8-18(2,12-21)13-22/h3-4,6-7,22H,5,8-13H2,1-2H3. The van der Waals surface area contributed by atoms with Crippen LogP contribution in [0.25, 0.3) is 0 Å². The Balaban J connectivity index is 1.62. The van der Waals surface area contributed by atoms with E-state index < -0.39 is 0 Å². The van der Waals surface area contributed by atoms with Crippen LogP contribution in [0.2, 0.25) is 0 Å². The Morgan fingerprint density at radius 3 is 2.96 bits per heavy atom. The van der Waals surface area contributed by atoms with Gasteiger partial charge in [0, 0.05) is 18.6 Å².